The molecule has 0 N–H and O–H groups in total. The Morgan fingerprint density at radius 1 is 1.05 bits per heavy atom. The monoisotopic (exact) mass is 317 g/mol. The predicted molar refractivity (Wildman–Crippen MR) is 82.5 cm³/mol. The first-order valence-corrected chi connectivity index (χ1v) is 9.51. The second-order valence-corrected chi connectivity index (χ2v) is 8.34. The van der Waals surface area contributed by atoms with Crippen LogP contribution in [0.25, 0.3) is 0 Å². The van der Waals surface area contributed by atoms with E-state index in [1.165, 1.54) is 0 Å². The van der Waals surface area contributed by atoms with E-state index in [0.717, 1.165) is 37.3 Å². The van der Waals surface area contributed by atoms with Gasteiger partial charge in [0.15, 0.2) is 15.7 Å². The van der Waals surface area contributed by atoms with Crippen LogP contribution in [0.2, 0.25) is 0 Å². The minimum absolute atomic E-state index is 0.0736. The molecule has 2 fully saturated rings. The molecule has 5 nitrogen and oxygen atoms in total. The summed E-state index contributed by atoms with van der Waals surface area (Å²) < 4.78 is 26.6. The number of hydrogen-bond donors (Lipinski definition) is 0. The first-order valence-electron chi connectivity index (χ1n) is 7.86. The predicted octanol–water partition coefficient (Wildman–Crippen LogP) is 2.51. The summed E-state index contributed by atoms with van der Waals surface area (Å²) in [5, 5.41) is 4.57. The number of rotatable bonds is 6. The zero-order chi connectivity index (χ0) is 15.2. The van der Waals surface area contributed by atoms with Crippen molar-refractivity contribution in [2.75, 3.05) is 5.75 Å². The first-order chi connectivity index (χ1) is 10.6. The van der Waals surface area contributed by atoms with E-state index < -0.39 is 9.84 Å². The maximum Gasteiger partial charge on any atom is 0.180 e. The fraction of sp³-hybridized carbons (Fsp3) is 0.500. The maximum atomic E-state index is 12.4. The van der Waals surface area contributed by atoms with E-state index in [-0.39, 0.29) is 5.75 Å². The molecular formula is C16H19N3O2S. The van der Waals surface area contributed by atoms with Gasteiger partial charge in [-0.1, -0.05) is 18.2 Å². The van der Waals surface area contributed by atoms with Crippen molar-refractivity contribution in [3.05, 3.63) is 42.0 Å². The Balaban J connectivity index is 1.54. The standard InChI is InChI=1S/C16H19N3O2S/c20-22(21,14-4-2-1-3-5-14)11-10-19-16(13-8-9-13)17-15(18-19)12-6-7-12/h1-5,12-13H,6-11H2. The average Bonchev–Trinajstić information content (AvgIpc) is 3.44. The third kappa shape index (κ3) is 2.79. The Kier molecular flexibility index (Phi) is 3.29. The van der Waals surface area contributed by atoms with Crippen LogP contribution in [0.1, 0.15) is 49.2 Å². The summed E-state index contributed by atoms with van der Waals surface area (Å²) in [7, 11) is -3.26. The molecule has 116 valence electrons. The normalized spacial score (nSPS) is 18.5. The Labute approximate surface area is 130 Å². The summed E-state index contributed by atoms with van der Waals surface area (Å²) in [6.07, 6.45) is 4.62. The third-order valence-corrected chi connectivity index (χ3v) is 5.99. The molecule has 2 aliphatic carbocycles. The SMILES string of the molecule is O=S(=O)(CCn1nc(C2CC2)nc1C1CC1)c1ccccc1. The lowest BCUT2D eigenvalue weighted by molar-refractivity contribution is 0.570. The molecule has 2 aromatic rings. The number of aryl methyl sites for hydroxylation is 1. The summed E-state index contributed by atoms with van der Waals surface area (Å²) >= 11 is 0. The molecule has 0 aliphatic heterocycles. The second-order valence-electron chi connectivity index (χ2n) is 6.23. The number of benzene rings is 1. The van der Waals surface area contributed by atoms with Gasteiger partial charge in [0.05, 0.1) is 17.2 Å². The maximum absolute atomic E-state index is 12.4. The van der Waals surface area contributed by atoms with E-state index in [4.69, 9.17) is 0 Å². The van der Waals surface area contributed by atoms with Gasteiger partial charge < -0.3 is 0 Å². The van der Waals surface area contributed by atoms with Crippen LogP contribution in [-0.4, -0.2) is 28.9 Å². The van der Waals surface area contributed by atoms with Crippen LogP contribution in [0.4, 0.5) is 0 Å². The van der Waals surface area contributed by atoms with E-state index >= 15 is 0 Å². The van der Waals surface area contributed by atoms with Crippen molar-refractivity contribution in [2.45, 2.75) is 49.0 Å². The zero-order valence-corrected chi connectivity index (χ0v) is 13.2. The highest BCUT2D eigenvalue weighted by molar-refractivity contribution is 7.91. The van der Waals surface area contributed by atoms with Gasteiger partial charge in [0.2, 0.25) is 0 Å². The summed E-state index contributed by atoms with van der Waals surface area (Å²) in [5.41, 5.74) is 0. The highest BCUT2D eigenvalue weighted by Crippen LogP contribution is 2.42. The summed E-state index contributed by atoms with van der Waals surface area (Å²) in [4.78, 5) is 5.04. The lowest BCUT2D eigenvalue weighted by atomic mass is 10.4. The van der Waals surface area contributed by atoms with Crippen molar-refractivity contribution in [1.82, 2.24) is 14.8 Å². The Hall–Kier alpha value is -1.69. The fourth-order valence-electron chi connectivity index (χ4n) is 2.65. The highest BCUT2D eigenvalue weighted by atomic mass is 32.2. The van der Waals surface area contributed by atoms with Gasteiger partial charge in [-0.25, -0.2) is 18.1 Å². The van der Waals surface area contributed by atoms with Crippen LogP contribution in [0.5, 0.6) is 0 Å². The van der Waals surface area contributed by atoms with Crippen LogP contribution in [0, 0.1) is 0 Å². The lowest BCUT2D eigenvalue weighted by Gasteiger charge is -2.06. The van der Waals surface area contributed by atoms with Crippen LogP contribution in [-0.2, 0) is 16.4 Å². The minimum atomic E-state index is -3.26. The van der Waals surface area contributed by atoms with Gasteiger partial charge in [-0.2, -0.15) is 5.10 Å². The molecule has 1 heterocycles. The van der Waals surface area contributed by atoms with E-state index in [9.17, 15) is 8.42 Å². The van der Waals surface area contributed by atoms with E-state index in [1.54, 1.807) is 24.3 Å². The molecule has 0 amide bonds. The molecule has 1 aromatic heterocycles. The van der Waals surface area contributed by atoms with Gasteiger partial charge in [0.25, 0.3) is 0 Å². The molecule has 1 aromatic carbocycles. The van der Waals surface area contributed by atoms with Gasteiger partial charge in [-0.05, 0) is 37.8 Å². The molecule has 22 heavy (non-hydrogen) atoms. The van der Waals surface area contributed by atoms with Gasteiger partial charge in [0.1, 0.15) is 5.82 Å². The fourth-order valence-corrected chi connectivity index (χ4v) is 3.87. The Bertz CT molecular complexity index is 775. The van der Waals surface area contributed by atoms with Gasteiger partial charge in [-0.15, -0.1) is 0 Å². The van der Waals surface area contributed by atoms with Crippen molar-refractivity contribution < 1.29 is 8.42 Å². The van der Waals surface area contributed by atoms with Gasteiger partial charge >= 0.3 is 0 Å². The number of aromatic nitrogens is 3. The molecule has 6 heteroatoms. The highest BCUT2D eigenvalue weighted by Gasteiger charge is 2.34. The number of sulfone groups is 1. The van der Waals surface area contributed by atoms with Crippen molar-refractivity contribution >= 4 is 9.84 Å². The summed E-state index contributed by atoms with van der Waals surface area (Å²) in [6.45, 7) is 0.392. The van der Waals surface area contributed by atoms with Gasteiger partial charge in [0, 0.05) is 11.8 Å². The van der Waals surface area contributed by atoms with Gasteiger partial charge in [-0.3, -0.25) is 0 Å². The summed E-state index contributed by atoms with van der Waals surface area (Å²) in [6, 6.07) is 8.62. The third-order valence-electron chi connectivity index (χ3n) is 4.28. The zero-order valence-electron chi connectivity index (χ0n) is 12.4. The van der Waals surface area contributed by atoms with Crippen LogP contribution < -0.4 is 0 Å². The lowest BCUT2D eigenvalue weighted by Crippen LogP contribution is -2.16. The Morgan fingerprint density at radius 3 is 2.36 bits per heavy atom. The number of hydrogen-bond acceptors (Lipinski definition) is 4. The Morgan fingerprint density at radius 2 is 1.73 bits per heavy atom. The molecule has 0 bridgehead atoms. The van der Waals surface area contributed by atoms with Crippen LogP contribution in [0.3, 0.4) is 0 Å². The molecule has 0 saturated heterocycles. The first kappa shape index (κ1) is 13.9. The second kappa shape index (κ2) is 5.19. The molecular weight excluding hydrogens is 298 g/mol. The molecule has 0 unspecified atom stereocenters. The quantitative estimate of drug-likeness (QED) is 0.821. The summed E-state index contributed by atoms with van der Waals surface area (Å²) in [5.74, 6) is 2.97. The molecule has 2 saturated carbocycles. The molecule has 2 aliphatic rings. The minimum Gasteiger partial charge on any atom is -0.248 e. The van der Waals surface area contributed by atoms with Crippen LogP contribution >= 0.6 is 0 Å². The smallest absolute Gasteiger partial charge is 0.180 e. The number of nitrogens with zero attached hydrogens (tertiary/aromatic N) is 3. The topological polar surface area (TPSA) is 64.8 Å². The average molecular weight is 317 g/mol. The largest absolute Gasteiger partial charge is 0.248 e. The van der Waals surface area contributed by atoms with Crippen molar-refractivity contribution in [1.29, 1.82) is 0 Å². The van der Waals surface area contributed by atoms with Crippen LogP contribution in [0.15, 0.2) is 35.2 Å². The van der Waals surface area contributed by atoms with Crippen molar-refractivity contribution in [3.63, 3.8) is 0 Å². The molecule has 0 spiro atoms. The van der Waals surface area contributed by atoms with Crippen molar-refractivity contribution in [2.24, 2.45) is 0 Å². The van der Waals surface area contributed by atoms with E-state index in [0.29, 0.717) is 23.3 Å². The molecule has 0 atom stereocenters. The van der Waals surface area contributed by atoms with E-state index in [1.807, 2.05) is 10.7 Å². The molecule has 0 radical (unpaired) electrons. The van der Waals surface area contributed by atoms with Crippen molar-refractivity contribution in [3.8, 4) is 0 Å². The molecule has 4 rings (SSSR count). The van der Waals surface area contributed by atoms with E-state index in [2.05, 4.69) is 10.1 Å².